The van der Waals surface area contributed by atoms with Gasteiger partial charge in [0.05, 0.1) is 5.60 Å². The Morgan fingerprint density at radius 3 is 2.70 bits per heavy atom. The van der Waals surface area contributed by atoms with E-state index in [2.05, 4.69) is 48.7 Å². The molecule has 3 rings (SSSR count). The number of benzene rings is 1. The molecule has 0 amide bonds. The Morgan fingerprint density at radius 2 is 2.05 bits per heavy atom. The first-order valence-electron chi connectivity index (χ1n) is 7.67. The summed E-state index contributed by atoms with van der Waals surface area (Å²) in [6.45, 7) is 9.33. The van der Waals surface area contributed by atoms with Crippen molar-refractivity contribution in [3.8, 4) is 0 Å². The van der Waals surface area contributed by atoms with E-state index in [0.29, 0.717) is 12.0 Å². The number of aliphatic hydroxyl groups is 1. The first-order chi connectivity index (χ1) is 9.49. The summed E-state index contributed by atoms with van der Waals surface area (Å²) >= 11 is 0. The quantitative estimate of drug-likeness (QED) is 0.671. The number of nitrogens with zero attached hydrogens (tertiary/aromatic N) is 1. The van der Waals surface area contributed by atoms with E-state index in [1.807, 2.05) is 6.92 Å². The van der Waals surface area contributed by atoms with E-state index in [-0.39, 0.29) is 6.04 Å². The van der Waals surface area contributed by atoms with Gasteiger partial charge in [-0.2, -0.15) is 0 Å². The van der Waals surface area contributed by atoms with Crippen LogP contribution in [0.15, 0.2) is 42.5 Å². The zero-order valence-electron chi connectivity index (χ0n) is 12.5. The van der Waals surface area contributed by atoms with E-state index in [0.717, 1.165) is 25.8 Å². The molecule has 2 aliphatic rings. The van der Waals surface area contributed by atoms with Gasteiger partial charge in [0.1, 0.15) is 0 Å². The van der Waals surface area contributed by atoms with Crippen molar-refractivity contribution in [2.45, 2.75) is 50.8 Å². The molecule has 0 aromatic heterocycles. The Balaban J connectivity index is 1.74. The van der Waals surface area contributed by atoms with E-state index < -0.39 is 5.60 Å². The highest BCUT2D eigenvalue weighted by Crippen LogP contribution is 2.46. The van der Waals surface area contributed by atoms with Gasteiger partial charge in [-0.3, -0.25) is 4.90 Å². The standard InChI is InChI=1S/C18H25NO/c1-13(2)15-9-10-18(3,20)17(11-15)19-12-16(19)14-7-5-4-6-8-14/h4-8,15-17,20H,1,9-12H2,2-3H3/t15-,16-,17+,18+,19?/m1/s1. The fourth-order valence-corrected chi connectivity index (χ4v) is 3.68. The Labute approximate surface area is 122 Å². The van der Waals surface area contributed by atoms with Gasteiger partial charge in [-0.15, -0.1) is 0 Å². The molecule has 1 saturated carbocycles. The maximum atomic E-state index is 10.7. The minimum atomic E-state index is -0.560. The lowest BCUT2D eigenvalue weighted by molar-refractivity contribution is -0.0431. The monoisotopic (exact) mass is 271 g/mol. The summed E-state index contributed by atoms with van der Waals surface area (Å²) in [7, 11) is 0. The molecule has 2 heteroatoms. The summed E-state index contributed by atoms with van der Waals surface area (Å²) in [6.07, 6.45) is 3.00. The van der Waals surface area contributed by atoms with Gasteiger partial charge in [-0.05, 0) is 44.6 Å². The molecule has 1 N–H and O–H groups in total. The van der Waals surface area contributed by atoms with Crippen LogP contribution in [0, 0.1) is 5.92 Å². The van der Waals surface area contributed by atoms with Crippen molar-refractivity contribution in [3.05, 3.63) is 48.0 Å². The topological polar surface area (TPSA) is 23.2 Å². The van der Waals surface area contributed by atoms with Gasteiger partial charge in [-0.25, -0.2) is 0 Å². The molecule has 1 aliphatic carbocycles. The molecule has 1 unspecified atom stereocenters. The highest BCUT2D eigenvalue weighted by molar-refractivity contribution is 5.25. The lowest BCUT2D eigenvalue weighted by Crippen LogP contribution is -2.49. The van der Waals surface area contributed by atoms with Crippen molar-refractivity contribution < 1.29 is 5.11 Å². The molecule has 0 spiro atoms. The second kappa shape index (κ2) is 5.01. The molecule has 2 fully saturated rings. The largest absolute Gasteiger partial charge is 0.389 e. The third kappa shape index (κ3) is 2.55. The maximum Gasteiger partial charge on any atom is 0.0774 e. The zero-order valence-corrected chi connectivity index (χ0v) is 12.5. The third-order valence-corrected chi connectivity index (χ3v) is 5.16. The molecule has 1 saturated heterocycles. The van der Waals surface area contributed by atoms with Crippen LogP contribution in [0.25, 0.3) is 0 Å². The van der Waals surface area contributed by atoms with Crippen molar-refractivity contribution in [1.82, 2.24) is 4.90 Å². The number of hydrogen-bond acceptors (Lipinski definition) is 2. The van der Waals surface area contributed by atoms with Crippen molar-refractivity contribution in [1.29, 1.82) is 0 Å². The van der Waals surface area contributed by atoms with Crippen LogP contribution in [-0.4, -0.2) is 28.2 Å². The maximum absolute atomic E-state index is 10.7. The normalized spacial score (nSPS) is 40.4. The van der Waals surface area contributed by atoms with Crippen molar-refractivity contribution in [2.24, 2.45) is 5.92 Å². The van der Waals surface area contributed by atoms with Crippen LogP contribution in [0.4, 0.5) is 0 Å². The van der Waals surface area contributed by atoms with Crippen LogP contribution in [0.2, 0.25) is 0 Å². The number of allylic oxidation sites excluding steroid dienone is 1. The summed E-state index contributed by atoms with van der Waals surface area (Å²) in [4.78, 5) is 2.46. The summed E-state index contributed by atoms with van der Waals surface area (Å²) in [6, 6.07) is 11.4. The van der Waals surface area contributed by atoms with Gasteiger partial charge >= 0.3 is 0 Å². The zero-order chi connectivity index (χ0) is 14.3. The van der Waals surface area contributed by atoms with Crippen LogP contribution < -0.4 is 0 Å². The first-order valence-corrected chi connectivity index (χ1v) is 7.67. The fraction of sp³-hybridized carbons (Fsp3) is 0.556. The molecule has 2 nitrogen and oxygen atoms in total. The molecule has 1 aliphatic heterocycles. The van der Waals surface area contributed by atoms with Gasteiger partial charge in [0, 0.05) is 18.6 Å². The number of rotatable bonds is 3. The summed E-state index contributed by atoms with van der Waals surface area (Å²) < 4.78 is 0. The fourth-order valence-electron chi connectivity index (χ4n) is 3.68. The third-order valence-electron chi connectivity index (χ3n) is 5.16. The molecule has 1 aromatic carbocycles. The molecule has 20 heavy (non-hydrogen) atoms. The Bertz CT molecular complexity index is 493. The molecule has 108 valence electrons. The Kier molecular flexibility index (Phi) is 3.47. The minimum absolute atomic E-state index is 0.267. The second-order valence-corrected chi connectivity index (χ2v) is 6.81. The predicted molar refractivity (Wildman–Crippen MR) is 82.5 cm³/mol. The van der Waals surface area contributed by atoms with E-state index in [9.17, 15) is 5.11 Å². The van der Waals surface area contributed by atoms with Gasteiger partial charge in [0.2, 0.25) is 0 Å². The summed E-state index contributed by atoms with van der Waals surface area (Å²) in [5.74, 6) is 0.567. The predicted octanol–water partition coefficient (Wildman–Crippen LogP) is 3.54. The lowest BCUT2D eigenvalue weighted by Gasteiger charge is -2.42. The molecule has 0 bridgehead atoms. The number of hydrogen-bond donors (Lipinski definition) is 1. The summed E-state index contributed by atoms with van der Waals surface area (Å²) in [5, 5.41) is 10.7. The lowest BCUT2D eigenvalue weighted by atomic mass is 9.74. The highest BCUT2D eigenvalue weighted by atomic mass is 16.3. The summed E-state index contributed by atoms with van der Waals surface area (Å²) in [5.41, 5.74) is 2.08. The van der Waals surface area contributed by atoms with Crippen LogP contribution in [0.3, 0.4) is 0 Å². The van der Waals surface area contributed by atoms with E-state index in [1.54, 1.807) is 0 Å². The van der Waals surface area contributed by atoms with Crippen LogP contribution in [0.5, 0.6) is 0 Å². The van der Waals surface area contributed by atoms with Crippen LogP contribution in [-0.2, 0) is 0 Å². The van der Waals surface area contributed by atoms with Gasteiger partial charge < -0.3 is 5.11 Å². The van der Waals surface area contributed by atoms with Crippen molar-refractivity contribution >= 4 is 0 Å². The SMILES string of the molecule is C=C(C)[C@@H]1CC[C@](C)(O)[C@@H](N2C[C@@H]2c2ccccc2)C1. The van der Waals surface area contributed by atoms with Gasteiger partial charge in [0.15, 0.2) is 0 Å². The molecule has 0 radical (unpaired) electrons. The van der Waals surface area contributed by atoms with Gasteiger partial charge in [-0.1, -0.05) is 42.5 Å². The first kappa shape index (κ1) is 13.8. The molecular weight excluding hydrogens is 246 g/mol. The Morgan fingerprint density at radius 1 is 1.35 bits per heavy atom. The molecule has 1 aromatic rings. The highest BCUT2D eigenvalue weighted by Gasteiger charge is 2.50. The van der Waals surface area contributed by atoms with Crippen molar-refractivity contribution in [3.63, 3.8) is 0 Å². The van der Waals surface area contributed by atoms with E-state index >= 15 is 0 Å². The van der Waals surface area contributed by atoms with Crippen LogP contribution >= 0.6 is 0 Å². The minimum Gasteiger partial charge on any atom is -0.389 e. The molecular formula is C18H25NO. The van der Waals surface area contributed by atoms with E-state index in [1.165, 1.54) is 11.1 Å². The molecule has 1 heterocycles. The Hall–Kier alpha value is -1.12. The van der Waals surface area contributed by atoms with Crippen molar-refractivity contribution in [2.75, 3.05) is 6.54 Å². The second-order valence-electron chi connectivity index (χ2n) is 6.81. The van der Waals surface area contributed by atoms with Crippen LogP contribution in [0.1, 0.15) is 44.7 Å². The average Bonchev–Trinajstić information content (AvgIpc) is 3.19. The molecule has 5 atom stereocenters. The van der Waals surface area contributed by atoms with E-state index in [4.69, 9.17) is 0 Å². The van der Waals surface area contributed by atoms with Gasteiger partial charge in [0.25, 0.3) is 0 Å². The average molecular weight is 271 g/mol. The smallest absolute Gasteiger partial charge is 0.0774 e.